The maximum Gasteiger partial charge on any atom is 0.265 e. The van der Waals surface area contributed by atoms with Crippen LogP contribution in [-0.4, -0.2) is 20.9 Å². The van der Waals surface area contributed by atoms with Gasteiger partial charge in [-0.25, -0.2) is 9.97 Å². The molecule has 0 fully saturated rings. The van der Waals surface area contributed by atoms with Crippen molar-refractivity contribution < 1.29 is 4.79 Å². The summed E-state index contributed by atoms with van der Waals surface area (Å²) in [4.78, 5) is 24.3. The van der Waals surface area contributed by atoms with E-state index in [0.717, 1.165) is 5.69 Å². The number of hydrogen-bond acceptors (Lipinski definition) is 6. The van der Waals surface area contributed by atoms with Crippen LogP contribution in [0.25, 0.3) is 0 Å². The minimum Gasteiger partial charge on any atom is -0.324 e. The number of halogens is 1. The number of anilines is 3. The molecule has 22 heavy (non-hydrogen) atoms. The molecule has 1 amide bonds. The number of carbonyl (C=O) groups excluding carboxylic acids is 1. The molecule has 1 aromatic carbocycles. The average molecular weight is 332 g/mol. The molecule has 110 valence electrons. The Morgan fingerprint density at radius 3 is 2.77 bits per heavy atom. The molecule has 0 saturated heterocycles. The molecule has 0 aliphatic rings. The number of amides is 1. The minimum atomic E-state index is -0.143. The molecular formula is C14H10ClN5OS. The molecule has 2 heterocycles. The summed E-state index contributed by atoms with van der Waals surface area (Å²) in [5, 5.41) is 7.80. The number of aromatic nitrogens is 3. The SMILES string of the molecule is O=C(Nc1cccc(Nc2ncnc(Cl)n2)c1)c1cccs1. The van der Waals surface area contributed by atoms with Crippen molar-refractivity contribution in [1.29, 1.82) is 0 Å². The molecule has 8 heteroatoms. The summed E-state index contributed by atoms with van der Waals surface area (Å²) in [5.74, 6) is 0.192. The zero-order valence-corrected chi connectivity index (χ0v) is 12.7. The number of rotatable bonds is 4. The van der Waals surface area contributed by atoms with Crippen molar-refractivity contribution in [1.82, 2.24) is 15.0 Å². The molecule has 2 aromatic heterocycles. The first kappa shape index (κ1) is 14.4. The fourth-order valence-electron chi connectivity index (χ4n) is 1.74. The molecule has 3 aromatic rings. The van der Waals surface area contributed by atoms with Gasteiger partial charge in [-0.3, -0.25) is 4.79 Å². The van der Waals surface area contributed by atoms with Gasteiger partial charge in [-0.05, 0) is 41.2 Å². The van der Waals surface area contributed by atoms with Gasteiger partial charge in [0.2, 0.25) is 11.2 Å². The predicted molar refractivity (Wildman–Crippen MR) is 86.8 cm³/mol. The lowest BCUT2D eigenvalue weighted by Crippen LogP contribution is -2.10. The Labute approximate surface area is 135 Å². The van der Waals surface area contributed by atoms with E-state index in [1.807, 2.05) is 23.6 Å². The Bertz CT molecular complexity index is 793. The summed E-state index contributed by atoms with van der Waals surface area (Å²) in [6.45, 7) is 0. The number of carbonyl (C=O) groups is 1. The molecule has 3 rings (SSSR count). The van der Waals surface area contributed by atoms with E-state index in [1.54, 1.807) is 18.2 Å². The van der Waals surface area contributed by atoms with Gasteiger partial charge in [0.05, 0.1) is 4.88 Å². The Hall–Kier alpha value is -2.51. The van der Waals surface area contributed by atoms with Crippen LogP contribution in [0.3, 0.4) is 0 Å². The van der Waals surface area contributed by atoms with Gasteiger partial charge in [-0.15, -0.1) is 11.3 Å². The lowest BCUT2D eigenvalue weighted by Gasteiger charge is -2.08. The summed E-state index contributed by atoms with van der Waals surface area (Å²) in [6.07, 6.45) is 1.32. The summed E-state index contributed by atoms with van der Waals surface area (Å²) >= 11 is 7.10. The molecule has 0 bridgehead atoms. The van der Waals surface area contributed by atoms with Gasteiger partial charge in [-0.2, -0.15) is 4.98 Å². The lowest BCUT2D eigenvalue weighted by atomic mass is 10.2. The van der Waals surface area contributed by atoms with Crippen LogP contribution in [0.1, 0.15) is 9.67 Å². The predicted octanol–water partition coefficient (Wildman–Crippen LogP) is 3.58. The van der Waals surface area contributed by atoms with Gasteiger partial charge in [0.1, 0.15) is 6.33 Å². The smallest absolute Gasteiger partial charge is 0.265 e. The second-order valence-electron chi connectivity index (χ2n) is 4.22. The Morgan fingerprint density at radius 2 is 2.00 bits per heavy atom. The molecule has 0 spiro atoms. The van der Waals surface area contributed by atoms with E-state index in [9.17, 15) is 4.79 Å². The standard InChI is InChI=1S/C14H10ClN5OS/c15-13-16-8-17-14(20-13)19-10-4-1-3-9(7-10)18-12(21)11-5-2-6-22-11/h1-8H,(H,18,21)(H,16,17,19,20). The first-order valence-corrected chi connectivity index (χ1v) is 7.53. The number of thiophene rings is 1. The van der Waals surface area contributed by atoms with Crippen LogP contribution in [-0.2, 0) is 0 Å². The van der Waals surface area contributed by atoms with E-state index in [2.05, 4.69) is 25.6 Å². The highest BCUT2D eigenvalue weighted by molar-refractivity contribution is 7.12. The van der Waals surface area contributed by atoms with E-state index < -0.39 is 0 Å². The molecular weight excluding hydrogens is 322 g/mol. The number of nitrogens with one attached hydrogen (secondary N) is 2. The summed E-state index contributed by atoms with van der Waals surface area (Å²) < 4.78 is 0. The first-order chi connectivity index (χ1) is 10.7. The second-order valence-corrected chi connectivity index (χ2v) is 5.50. The van der Waals surface area contributed by atoms with Crippen molar-refractivity contribution >= 4 is 46.2 Å². The molecule has 0 aliphatic heterocycles. The third-order valence-corrected chi connectivity index (χ3v) is 3.71. The van der Waals surface area contributed by atoms with Gasteiger partial charge < -0.3 is 10.6 Å². The van der Waals surface area contributed by atoms with E-state index in [-0.39, 0.29) is 11.2 Å². The van der Waals surface area contributed by atoms with E-state index in [0.29, 0.717) is 16.5 Å². The molecule has 0 saturated carbocycles. The van der Waals surface area contributed by atoms with Crippen LogP contribution in [0.15, 0.2) is 48.1 Å². The van der Waals surface area contributed by atoms with Crippen LogP contribution in [0.5, 0.6) is 0 Å². The Kier molecular flexibility index (Phi) is 4.27. The third-order valence-electron chi connectivity index (χ3n) is 2.66. The van der Waals surface area contributed by atoms with Crippen molar-refractivity contribution in [2.75, 3.05) is 10.6 Å². The van der Waals surface area contributed by atoms with Crippen LogP contribution >= 0.6 is 22.9 Å². The van der Waals surface area contributed by atoms with E-state index >= 15 is 0 Å². The highest BCUT2D eigenvalue weighted by atomic mass is 35.5. The van der Waals surface area contributed by atoms with Gasteiger partial charge in [0, 0.05) is 11.4 Å². The number of hydrogen-bond donors (Lipinski definition) is 2. The monoisotopic (exact) mass is 331 g/mol. The van der Waals surface area contributed by atoms with Gasteiger partial charge >= 0.3 is 0 Å². The topological polar surface area (TPSA) is 79.8 Å². The molecule has 6 nitrogen and oxygen atoms in total. The van der Waals surface area contributed by atoms with E-state index in [4.69, 9.17) is 11.6 Å². The summed E-state index contributed by atoms with van der Waals surface area (Å²) in [6, 6.07) is 10.8. The molecule has 2 N–H and O–H groups in total. The summed E-state index contributed by atoms with van der Waals surface area (Å²) in [5.41, 5.74) is 1.40. The van der Waals surface area contributed by atoms with Gasteiger partial charge in [0.15, 0.2) is 0 Å². The minimum absolute atomic E-state index is 0.111. The highest BCUT2D eigenvalue weighted by Crippen LogP contribution is 2.19. The van der Waals surface area contributed by atoms with Crippen molar-refractivity contribution in [2.24, 2.45) is 0 Å². The molecule has 0 atom stereocenters. The average Bonchev–Trinajstić information content (AvgIpc) is 3.02. The van der Waals surface area contributed by atoms with Crippen molar-refractivity contribution in [3.8, 4) is 0 Å². The lowest BCUT2D eigenvalue weighted by molar-refractivity contribution is 0.103. The second kappa shape index (κ2) is 6.50. The zero-order valence-electron chi connectivity index (χ0n) is 11.2. The third kappa shape index (κ3) is 3.57. The number of nitrogens with zero attached hydrogens (tertiary/aromatic N) is 3. The van der Waals surface area contributed by atoms with Crippen LogP contribution in [0.2, 0.25) is 5.28 Å². The Morgan fingerprint density at radius 1 is 1.14 bits per heavy atom. The largest absolute Gasteiger partial charge is 0.324 e. The van der Waals surface area contributed by atoms with E-state index in [1.165, 1.54) is 17.7 Å². The molecule has 0 radical (unpaired) electrons. The first-order valence-electron chi connectivity index (χ1n) is 6.27. The number of benzene rings is 1. The molecule has 0 unspecified atom stereocenters. The van der Waals surface area contributed by atoms with Crippen molar-refractivity contribution in [3.63, 3.8) is 0 Å². The fourth-order valence-corrected chi connectivity index (χ4v) is 2.48. The quantitative estimate of drug-likeness (QED) is 0.763. The van der Waals surface area contributed by atoms with Crippen molar-refractivity contribution in [3.05, 3.63) is 58.3 Å². The van der Waals surface area contributed by atoms with Crippen LogP contribution in [0, 0.1) is 0 Å². The Balaban J connectivity index is 1.74. The van der Waals surface area contributed by atoms with Gasteiger partial charge in [-0.1, -0.05) is 12.1 Å². The van der Waals surface area contributed by atoms with Crippen molar-refractivity contribution in [2.45, 2.75) is 0 Å². The van der Waals surface area contributed by atoms with Gasteiger partial charge in [0.25, 0.3) is 5.91 Å². The maximum atomic E-state index is 12.0. The van der Waals surface area contributed by atoms with Crippen LogP contribution < -0.4 is 10.6 Å². The summed E-state index contributed by atoms with van der Waals surface area (Å²) in [7, 11) is 0. The zero-order chi connectivity index (χ0) is 15.4. The maximum absolute atomic E-state index is 12.0. The highest BCUT2D eigenvalue weighted by Gasteiger charge is 2.07. The van der Waals surface area contributed by atoms with Crippen LogP contribution in [0.4, 0.5) is 17.3 Å². The normalized spacial score (nSPS) is 10.2. The fraction of sp³-hybridized carbons (Fsp3) is 0. The molecule has 0 aliphatic carbocycles.